The van der Waals surface area contributed by atoms with Gasteiger partial charge in [-0.15, -0.1) is 10.2 Å². The van der Waals surface area contributed by atoms with Gasteiger partial charge in [0.05, 0.1) is 0 Å². The molecule has 1 saturated carbocycles. The van der Waals surface area contributed by atoms with Crippen molar-refractivity contribution in [3.63, 3.8) is 0 Å². The van der Waals surface area contributed by atoms with Crippen molar-refractivity contribution in [1.29, 1.82) is 0 Å². The Morgan fingerprint density at radius 1 is 1.33 bits per heavy atom. The summed E-state index contributed by atoms with van der Waals surface area (Å²) in [5, 5.41) is 12.4. The van der Waals surface area contributed by atoms with E-state index in [1.165, 1.54) is 4.57 Å². The van der Waals surface area contributed by atoms with Gasteiger partial charge in [-0.25, -0.2) is 22.3 Å². The van der Waals surface area contributed by atoms with Crippen LogP contribution in [0.2, 0.25) is 0 Å². The summed E-state index contributed by atoms with van der Waals surface area (Å²) < 4.78 is 51.1. The maximum Gasteiger partial charge on any atom is 0.273 e. The Morgan fingerprint density at radius 3 is 2.38 bits per heavy atom. The van der Waals surface area contributed by atoms with E-state index in [1.54, 1.807) is 0 Å². The molecule has 0 saturated heterocycles. The number of halogens is 2. The number of primary sulfonamides is 1. The Bertz CT molecular complexity index is 603. The van der Waals surface area contributed by atoms with Gasteiger partial charge in [-0.2, -0.15) is 0 Å². The van der Waals surface area contributed by atoms with Crippen molar-refractivity contribution in [3.8, 4) is 0 Å². The summed E-state index contributed by atoms with van der Waals surface area (Å²) in [7, 11) is -3.98. The van der Waals surface area contributed by atoms with E-state index in [1.807, 2.05) is 13.8 Å². The smallest absolute Gasteiger partial charge is 0.273 e. The predicted octanol–water partition coefficient (Wildman–Crippen LogP) is 1.87. The van der Waals surface area contributed by atoms with E-state index < -0.39 is 15.9 Å². The largest absolute Gasteiger partial charge is 0.300 e. The fourth-order valence-electron chi connectivity index (χ4n) is 2.65. The van der Waals surface area contributed by atoms with Gasteiger partial charge >= 0.3 is 0 Å². The number of hydrogen-bond acceptors (Lipinski definition) is 4. The van der Waals surface area contributed by atoms with Crippen LogP contribution in [0.4, 0.5) is 8.78 Å². The summed E-state index contributed by atoms with van der Waals surface area (Å²) in [5.74, 6) is -2.23. The monoisotopic (exact) mass is 322 g/mol. The Morgan fingerprint density at radius 2 is 1.90 bits per heavy atom. The molecule has 0 aromatic carbocycles. The molecule has 1 fully saturated rings. The van der Waals surface area contributed by atoms with Gasteiger partial charge in [0.15, 0.2) is 0 Å². The van der Waals surface area contributed by atoms with Crippen molar-refractivity contribution < 1.29 is 17.2 Å². The molecule has 0 spiro atoms. The van der Waals surface area contributed by atoms with Gasteiger partial charge in [-0.3, -0.25) is 0 Å². The van der Waals surface area contributed by atoms with E-state index in [0.29, 0.717) is 12.4 Å². The van der Waals surface area contributed by atoms with E-state index >= 15 is 0 Å². The summed E-state index contributed by atoms with van der Waals surface area (Å²) in [6, 6.07) is 0. The molecule has 1 aliphatic rings. The molecule has 0 amide bonds. The van der Waals surface area contributed by atoms with E-state index in [2.05, 4.69) is 10.2 Å². The first kappa shape index (κ1) is 16.3. The number of aromatic nitrogens is 3. The molecule has 0 bridgehead atoms. The Balaban J connectivity index is 2.34. The molecule has 120 valence electrons. The second kappa shape index (κ2) is 5.60. The third-order valence-electron chi connectivity index (χ3n) is 3.63. The van der Waals surface area contributed by atoms with Crippen LogP contribution in [-0.4, -0.2) is 29.1 Å². The summed E-state index contributed by atoms with van der Waals surface area (Å²) in [5.41, 5.74) is 0. The lowest BCUT2D eigenvalue weighted by Gasteiger charge is -2.28. The normalized spacial score (nSPS) is 20.1. The van der Waals surface area contributed by atoms with Gasteiger partial charge < -0.3 is 4.57 Å². The van der Waals surface area contributed by atoms with Crippen LogP contribution >= 0.6 is 0 Å². The first-order valence-electron chi connectivity index (χ1n) is 6.94. The predicted molar refractivity (Wildman–Crippen MR) is 72.4 cm³/mol. The molecule has 1 aromatic heterocycles. The van der Waals surface area contributed by atoms with Gasteiger partial charge in [0, 0.05) is 25.3 Å². The number of rotatable bonds is 4. The van der Waals surface area contributed by atoms with Crippen LogP contribution in [0.15, 0.2) is 5.16 Å². The Kier molecular flexibility index (Phi) is 4.34. The fourth-order valence-corrected chi connectivity index (χ4v) is 3.28. The van der Waals surface area contributed by atoms with Crippen molar-refractivity contribution in [2.45, 2.75) is 63.1 Å². The first-order valence-corrected chi connectivity index (χ1v) is 8.48. The van der Waals surface area contributed by atoms with Crippen LogP contribution in [0.3, 0.4) is 0 Å². The summed E-state index contributed by atoms with van der Waals surface area (Å²) in [6.07, 6.45) is 0.121. The second-order valence-corrected chi connectivity index (χ2v) is 7.48. The SMILES string of the molecule is CC(C)Cn1c(C2CCC(F)(F)CC2)nnc1S(N)(=O)=O. The molecule has 6 nitrogen and oxygen atoms in total. The molecule has 2 N–H and O–H groups in total. The molecular weight excluding hydrogens is 302 g/mol. The van der Waals surface area contributed by atoms with Gasteiger partial charge in [-0.05, 0) is 18.8 Å². The minimum Gasteiger partial charge on any atom is -0.300 e. The highest BCUT2D eigenvalue weighted by atomic mass is 32.2. The lowest BCUT2D eigenvalue weighted by atomic mass is 9.86. The summed E-state index contributed by atoms with van der Waals surface area (Å²) in [6.45, 7) is 4.23. The van der Waals surface area contributed by atoms with E-state index in [0.717, 1.165) is 0 Å². The highest BCUT2D eigenvalue weighted by Crippen LogP contribution is 2.40. The molecule has 21 heavy (non-hydrogen) atoms. The molecule has 0 aliphatic heterocycles. The summed E-state index contributed by atoms with van der Waals surface area (Å²) in [4.78, 5) is 0. The van der Waals surface area contributed by atoms with Gasteiger partial charge in [-0.1, -0.05) is 13.8 Å². The van der Waals surface area contributed by atoms with E-state index in [4.69, 9.17) is 5.14 Å². The highest BCUT2D eigenvalue weighted by molar-refractivity contribution is 7.89. The Labute approximate surface area is 122 Å². The van der Waals surface area contributed by atoms with Gasteiger partial charge in [0.25, 0.3) is 15.2 Å². The maximum atomic E-state index is 13.2. The second-order valence-electron chi connectivity index (χ2n) is 6.02. The molecule has 1 aliphatic carbocycles. The average molecular weight is 322 g/mol. The Hall–Kier alpha value is -1.09. The molecule has 0 atom stereocenters. The van der Waals surface area contributed by atoms with Crippen LogP contribution < -0.4 is 5.14 Å². The van der Waals surface area contributed by atoms with Crippen LogP contribution in [0.5, 0.6) is 0 Å². The topological polar surface area (TPSA) is 90.9 Å². The lowest BCUT2D eigenvalue weighted by Crippen LogP contribution is -2.26. The van der Waals surface area contributed by atoms with Crippen molar-refractivity contribution in [2.75, 3.05) is 0 Å². The number of nitrogens with zero attached hydrogens (tertiary/aromatic N) is 3. The number of nitrogens with two attached hydrogens (primary N) is 1. The molecule has 0 radical (unpaired) electrons. The third kappa shape index (κ3) is 3.76. The van der Waals surface area contributed by atoms with E-state index in [-0.39, 0.29) is 42.7 Å². The first-order chi connectivity index (χ1) is 9.60. The zero-order valence-corrected chi connectivity index (χ0v) is 12.9. The maximum absolute atomic E-state index is 13.2. The van der Waals surface area contributed by atoms with Crippen LogP contribution in [0, 0.1) is 5.92 Å². The van der Waals surface area contributed by atoms with Gasteiger partial charge in [0.1, 0.15) is 5.82 Å². The molecule has 2 rings (SSSR count). The van der Waals surface area contributed by atoms with Crippen molar-refractivity contribution in [2.24, 2.45) is 11.1 Å². The number of alkyl halides is 2. The quantitative estimate of drug-likeness (QED) is 0.916. The van der Waals surface area contributed by atoms with E-state index in [9.17, 15) is 17.2 Å². The standard InChI is InChI=1S/C12H20F2N4O2S/c1-8(2)7-18-10(16-17-11(18)21(15,19)20)9-3-5-12(13,14)6-4-9/h8-9H,3-7H2,1-2H3,(H2,15,19,20). The third-order valence-corrected chi connectivity index (χ3v) is 4.44. The molecular formula is C12H20F2N4O2S. The zero-order valence-electron chi connectivity index (χ0n) is 12.1. The fraction of sp³-hybridized carbons (Fsp3) is 0.833. The minimum atomic E-state index is -3.98. The number of hydrogen-bond donors (Lipinski definition) is 1. The lowest BCUT2D eigenvalue weighted by molar-refractivity contribution is -0.0390. The zero-order chi connectivity index (χ0) is 15.8. The molecule has 0 unspecified atom stereocenters. The van der Waals surface area contributed by atoms with Crippen molar-refractivity contribution in [3.05, 3.63) is 5.82 Å². The molecule has 1 heterocycles. The van der Waals surface area contributed by atoms with Crippen LogP contribution in [0.1, 0.15) is 51.3 Å². The molecule has 9 heteroatoms. The van der Waals surface area contributed by atoms with Crippen molar-refractivity contribution in [1.82, 2.24) is 14.8 Å². The summed E-state index contributed by atoms with van der Waals surface area (Å²) >= 11 is 0. The van der Waals surface area contributed by atoms with Crippen molar-refractivity contribution >= 4 is 10.0 Å². The highest BCUT2D eigenvalue weighted by Gasteiger charge is 2.38. The van der Waals surface area contributed by atoms with Crippen LogP contribution in [-0.2, 0) is 16.6 Å². The van der Waals surface area contributed by atoms with Crippen LogP contribution in [0.25, 0.3) is 0 Å². The number of sulfonamides is 1. The van der Waals surface area contributed by atoms with Gasteiger partial charge in [0.2, 0.25) is 5.92 Å². The molecule has 1 aromatic rings. The minimum absolute atomic E-state index is 0.158. The average Bonchev–Trinajstić information content (AvgIpc) is 2.71.